The molecule has 0 aliphatic carbocycles. The summed E-state index contributed by atoms with van der Waals surface area (Å²) in [7, 11) is 3.11. The Bertz CT molecular complexity index is 119. The number of ether oxygens (including phenoxy) is 1. The molecule has 0 heterocycles. The summed E-state index contributed by atoms with van der Waals surface area (Å²) in [6, 6.07) is -0.442. The molecule has 1 radical (unpaired) electrons. The summed E-state index contributed by atoms with van der Waals surface area (Å²) in [4.78, 5) is 12.5. The van der Waals surface area contributed by atoms with Gasteiger partial charge in [0.05, 0.1) is 7.11 Å². The summed E-state index contributed by atoms with van der Waals surface area (Å²) in [5.41, 5.74) is 0. The molecule has 0 aromatic rings. The number of hydrogen-bond donors (Lipinski definition) is 0. The maximum atomic E-state index is 10.8. The number of carbonyl (C=O) groups excluding carboxylic acids is 1. The van der Waals surface area contributed by atoms with Crippen molar-refractivity contribution in [2.75, 3.05) is 20.7 Å². The van der Waals surface area contributed by atoms with Gasteiger partial charge in [0.2, 0.25) is 0 Å². The molecule has 0 aromatic carbocycles. The van der Waals surface area contributed by atoms with Gasteiger partial charge in [-0.1, -0.05) is 0 Å². The van der Waals surface area contributed by atoms with Crippen molar-refractivity contribution in [1.29, 1.82) is 0 Å². The minimum Gasteiger partial charge on any atom is -0.470 e. The van der Waals surface area contributed by atoms with Crippen LogP contribution in [0.5, 0.6) is 0 Å². The van der Waals surface area contributed by atoms with E-state index in [4.69, 9.17) is 0 Å². The van der Waals surface area contributed by atoms with E-state index in [9.17, 15) is 4.79 Å². The summed E-state index contributed by atoms with van der Waals surface area (Å²) in [5.74, 6) is -0.328. The van der Waals surface area contributed by atoms with Gasteiger partial charge in [-0.25, -0.2) is 0 Å². The minimum atomic E-state index is -0.442. The van der Waals surface area contributed by atoms with Crippen LogP contribution in [0.3, 0.4) is 0 Å². The molecule has 0 bridgehead atoms. The van der Waals surface area contributed by atoms with E-state index in [1.807, 2.05) is 0 Å². The Balaban J connectivity index is 0. The number of rotatable bonds is 3. The minimum absolute atomic E-state index is 0. The van der Waals surface area contributed by atoms with E-state index < -0.39 is 6.04 Å². The molecule has 4 heteroatoms. The zero-order chi connectivity index (χ0) is 8.15. The first kappa shape index (κ1) is 14.1. The van der Waals surface area contributed by atoms with Crippen LogP contribution in [-0.2, 0) is 42.2 Å². The van der Waals surface area contributed by atoms with Crippen molar-refractivity contribution in [2.24, 2.45) is 0 Å². The van der Waals surface area contributed by atoms with Crippen molar-refractivity contribution in [3.8, 4) is 0 Å². The van der Waals surface area contributed by atoms with E-state index in [-0.39, 0.29) is 38.7 Å². The number of hydrogen-bond acceptors (Lipinski definition) is 3. The summed E-state index contributed by atoms with van der Waals surface area (Å²) >= 11 is 0. The van der Waals surface area contributed by atoms with Gasteiger partial charge in [-0.05, 0) is 13.1 Å². The van der Waals surface area contributed by atoms with E-state index in [2.05, 4.69) is 18.6 Å². The van der Waals surface area contributed by atoms with Crippen LogP contribution >= 0.6 is 0 Å². The second-order valence-corrected chi connectivity index (χ2v) is 2.02. The van der Waals surface area contributed by atoms with Crippen LogP contribution in [0.1, 0.15) is 0 Å². The Hall–Kier alpha value is 0.534. The number of methoxy groups -OCH3 is 1. The van der Waals surface area contributed by atoms with Gasteiger partial charge in [0, 0.05) is 32.7 Å². The molecule has 0 rings (SSSR count). The fraction of sp³-hybridized carbons (Fsp3) is 0.571. The SMILES string of the molecule is [CH2-]CN(C)C([CH2-])C(=O)OC.[Y]. The zero-order valence-electron chi connectivity index (χ0n) is 7.04. The quantitative estimate of drug-likeness (QED) is 0.511. The molecule has 1 unspecified atom stereocenters. The van der Waals surface area contributed by atoms with Gasteiger partial charge in [0.1, 0.15) is 0 Å². The van der Waals surface area contributed by atoms with Crippen LogP contribution < -0.4 is 0 Å². The third-order valence-corrected chi connectivity index (χ3v) is 1.36. The van der Waals surface area contributed by atoms with E-state index in [1.165, 1.54) is 7.11 Å². The van der Waals surface area contributed by atoms with Crippen LogP contribution in [0.25, 0.3) is 0 Å². The molecule has 0 amide bonds. The third kappa shape index (κ3) is 4.88. The molecule has 0 N–H and O–H groups in total. The van der Waals surface area contributed by atoms with Crippen LogP contribution in [0.2, 0.25) is 0 Å². The first-order valence-corrected chi connectivity index (χ1v) is 3.04. The standard InChI is InChI=1S/C7H13NO2.Y/c1-5-8(3)6(2)7(9)10-4;/h6H,1-2,5H2,3-4H3;/q-2;. The molecule has 0 saturated heterocycles. The van der Waals surface area contributed by atoms with Crippen LogP contribution in [0, 0.1) is 13.8 Å². The van der Waals surface area contributed by atoms with Crippen molar-refractivity contribution in [3.05, 3.63) is 13.8 Å². The topological polar surface area (TPSA) is 29.5 Å². The molecule has 0 aliphatic heterocycles. The molecule has 11 heavy (non-hydrogen) atoms. The summed E-state index contributed by atoms with van der Waals surface area (Å²) < 4.78 is 4.46. The molecule has 0 saturated carbocycles. The molecular weight excluding hydrogens is 219 g/mol. The molecule has 0 spiro atoms. The average Bonchev–Trinajstić information content (AvgIpc) is 2.00. The van der Waals surface area contributed by atoms with Crippen LogP contribution in [0.15, 0.2) is 0 Å². The maximum Gasteiger partial charge on any atom is 0.291 e. The van der Waals surface area contributed by atoms with E-state index >= 15 is 0 Å². The van der Waals surface area contributed by atoms with Crippen molar-refractivity contribution >= 4 is 5.97 Å². The Morgan fingerprint density at radius 1 is 1.73 bits per heavy atom. The predicted molar refractivity (Wildman–Crippen MR) is 39.1 cm³/mol. The molecular formula is C7H13NO2Y-2. The molecule has 63 valence electrons. The Morgan fingerprint density at radius 3 is 2.45 bits per heavy atom. The smallest absolute Gasteiger partial charge is 0.291 e. The monoisotopic (exact) mass is 232 g/mol. The molecule has 1 atom stereocenters. The molecule has 0 fully saturated rings. The van der Waals surface area contributed by atoms with Crippen molar-refractivity contribution in [2.45, 2.75) is 6.04 Å². The second kappa shape index (κ2) is 7.20. The predicted octanol–water partition coefficient (Wildman–Crippen LogP) is 0.125. The van der Waals surface area contributed by atoms with Gasteiger partial charge in [-0.3, -0.25) is 4.79 Å². The van der Waals surface area contributed by atoms with Gasteiger partial charge in [0.15, 0.2) is 0 Å². The van der Waals surface area contributed by atoms with E-state index in [0.717, 1.165) is 0 Å². The normalized spacial score (nSPS) is 12.1. The van der Waals surface area contributed by atoms with Crippen molar-refractivity contribution in [3.63, 3.8) is 0 Å². The van der Waals surface area contributed by atoms with Gasteiger partial charge in [0.25, 0.3) is 5.97 Å². The molecule has 0 aromatic heterocycles. The first-order valence-electron chi connectivity index (χ1n) is 3.04. The number of esters is 1. The Morgan fingerprint density at radius 2 is 2.18 bits per heavy atom. The van der Waals surface area contributed by atoms with Gasteiger partial charge >= 0.3 is 0 Å². The maximum absolute atomic E-state index is 10.8. The number of carbonyl (C=O) groups is 1. The van der Waals surface area contributed by atoms with E-state index in [1.54, 1.807) is 11.9 Å². The molecule has 0 aliphatic rings. The largest absolute Gasteiger partial charge is 0.470 e. The number of likely N-dealkylation sites (N-methyl/N-ethyl adjacent to an activating group) is 1. The van der Waals surface area contributed by atoms with Crippen LogP contribution in [-0.4, -0.2) is 37.6 Å². The van der Waals surface area contributed by atoms with Gasteiger partial charge < -0.3 is 23.5 Å². The first-order chi connectivity index (χ1) is 4.63. The fourth-order valence-corrected chi connectivity index (χ4v) is 0.472. The molecule has 3 nitrogen and oxygen atoms in total. The summed E-state index contributed by atoms with van der Waals surface area (Å²) in [6.07, 6.45) is 0. The Labute approximate surface area is 93.3 Å². The zero-order valence-corrected chi connectivity index (χ0v) is 9.88. The van der Waals surface area contributed by atoms with Gasteiger partial charge in [-0.2, -0.15) is 0 Å². The Kier molecular flexibility index (Phi) is 9.21. The van der Waals surface area contributed by atoms with Crippen LogP contribution in [0.4, 0.5) is 0 Å². The average molecular weight is 232 g/mol. The van der Waals surface area contributed by atoms with Crippen molar-refractivity contribution in [1.82, 2.24) is 4.90 Å². The summed E-state index contributed by atoms with van der Waals surface area (Å²) in [5, 5.41) is 0. The summed E-state index contributed by atoms with van der Waals surface area (Å²) in [6.45, 7) is 7.74. The number of nitrogens with zero attached hydrogens (tertiary/aromatic N) is 1. The second-order valence-electron chi connectivity index (χ2n) is 2.02. The third-order valence-electron chi connectivity index (χ3n) is 1.36. The fourth-order valence-electron chi connectivity index (χ4n) is 0.472. The van der Waals surface area contributed by atoms with E-state index in [0.29, 0.717) is 6.54 Å². The van der Waals surface area contributed by atoms with Crippen molar-refractivity contribution < 1.29 is 42.2 Å². The van der Waals surface area contributed by atoms with Gasteiger partial charge in [-0.15, -0.1) is 6.54 Å².